The van der Waals surface area contributed by atoms with Crippen molar-refractivity contribution >= 4 is 23.5 Å². The summed E-state index contributed by atoms with van der Waals surface area (Å²) in [6.07, 6.45) is 2.87. The maximum Gasteiger partial charge on any atom is 0.315 e. The number of likely N-dealkylation sites (tertiary alicyclic amines) is 1. The minimum absolute atomic E-state index is 0.110. The molecule has 1 saturated heterocycles. The van der Waals surface area contributed by atoms with Gasteiger partial charge in [-0.2, -0.15) is 0 Å². The van der Waals surface area contributed by atoms with Crippen molar-refractivity contribution in [3.05, 3.63) is 70.2 Å². The fraction of sp³-hybridized carbons (Fsp3) is 0.391. The molecular weight excluding hydrogens is 386 g/mol. The van der Waals surface area contributed by atoms with Crippen molar-refractivity contribution in [3.8, 4) is 0 Å². The van der Waals surface area contributed by atoms with Crippen LogP contribution in [0.1, 0.15) is 40.7 Å². The predicted octanol–water partition coefficient (Wildman–Crippen LogP) is 4.14. The van der Waals surface area contributed by atoms with Crippen LogP contribution in [0.15, 0.2) is 48.5 Å². The van der Waals surface area contributed by atoms with Crippen molar-refractivity contribution in [2.45, 2.75) is 38.8 Å². The first-order valence-electron chi connectivity index (χ1n) is 10.1. The van der Waals surface area contributed by atoms with E-state index in [9.17, 15) is 9.59 Å². The summed E-state index contributed by atoms with van der Waals surface area (Å²) in [6, 6.07) is 15.2. The average molecular weight is 412 g/mol. The van der Waals surface area contributed by atoms with Gasteiger partial charge in [0, 0.05) is 36.3 Å². The highest BCUT2D eigenvalue weighted by molar-refractivity contribution is 6.30. The highest BCUT2D eigenvalue weighted by Gasteiger charge is 2.49. The van der Waals surface area contributed by atoms with Gasteiger partial charge in [-0.3, -0.25) is 4.79 Å². The summed E-state index contributed by atoms with van der Waals surface area (Å²) >= 11 is 5.88. The molecule has 1 aliphatic carbocycles. The Bertz CT molecular complexity index is 889. The topological polar surface area (TPSA) is 61.4 Å². The molecule has 1 saturated carbocycles. The molecule has 5 nitrogen and oxygen atoms in total. The van der Waals surface area contributed by atoms with Gasteiger partial charge in [-0.25, -0.2) is 4.79 Å². The summed E-state index contributed by atoms with van der Waals surface area (Å²) in [4.78, 5) is 26.8. The molecule has 2 N–H and O–H groups in total. The molecule has 0 unspecified atom stereocenters. The SMILES string of the molecule is Cc1ccc(C(=O)N2CC[C@]3(C2)C[C@H](NC(=O)NCc2ccc(Cl)cc2)C3)cc1. The molecule has 1 heterocycles. The Kier molecular flexibility index (Phi) is 5.50. The minimum Gasteiger partial charge on any atom is -0.338 e. The van der Waals surface area contributed by atoms with E-state index >= 15 is 0 Å². The van der Waals surface area contributed by atoms with Gasteiger partial charge in [0.15, 0.2) is 0 Å². The lowest BCUT2D eigenvalue weighted by atomic mass is 9.65. The standard InChI is InChI=1S/C23H26ClN3O2/c1-16-2-6-18(7-3-16)21(28)27-11-10-23(15-27)12-20(13-23)26-22(29)25-14-17-4-8-19(24)9-5-17/h2-9,20H,10-15H2,1H3,(H2,25,26,29)/t20-,23-. The first kappa shape index (κ1) is 19.8. The van der Waals surface area contributed by atoms with E-state index in [1.807, 2.05) is 60.4 Å². The zero-order chi connectivity index (χ0) is 20.4. The number of aryl methyl sites for hydroxylation is 1. The highest BCUT2D eigenvalue weighted by atomic mass is 35.5. The van der Waals surface area contributed by atoms with E-state index in [2.05, 4.69) is 10.6 Å². The van der Waals surface area contributed by atoms with Crippen LogP contribution in [0, 0.1) is 12.3 Å². The van der Waals surface area contributed by atoms with Gasteiger partial charge >= 0.3 is 6.03 Å². The molecule has 6 heteroatoms. The van der Waals surface area contributed by atoms with Crippen molar-refractivity contribution in [2.24, 2.45) is 5.41 Å². The Balaban J connectivity index is 1.22. The van der Waals surface area contributed by atoms with Gasteiger partial charge in [0.2, 0.25) is 0 Å². The number of nitrogens with zero attached hydrogens (tertiary/aromatic N) is 1. The van der Waals surface area contributed by atoms with Gasteiger partial charge in [0.1, 0.15) is 0 Å². The molecule has 152 valence electrons. The smallest absolute Gasteiger partial charge is 0.315 e. The largest absolute Gasteiger partial charge is 0.338 e. The highest BCUT2D eigenvalue weighted by Crippen LogP contribution is 2.48. The van der Waals surface area contributed by atoms with Crippen LogP contribution in [0.3, 0.4) is 0 Å². The molecule has 4 rings (SSSR count). The molecule has 1 aliphatic heterocycles. The number of halogens is 1. The lowest BCUT2D eigenvalue weighted by molar-refractivity contribution is 0.0671. The lowest BCUT2D eigenvalue weighted by Crippen LogP contribution is -2.54. The third-order valence-electron chi connectivity index (χ3n) is 6.08. The van der Waals surface area contributed by atoms with E-state index < -0.39 is 0 Å². The summed E-state index contributed by atoms with van der Waals surface area (Å²) in [5.74, 6) is 0.110. The van der Waals surface area contributed by atoms with Crippen LogP contribution < -0.4 is 10.6 Å². The van der Waals surface area contributed by atoms with E-state index in [1.165, 1.54) is 0 Å². The molecule has 2 aliphatic rings. The zero-order valence-corrected chi connectivity index (χ0v) is 17.3. The van der Waals surface area contributed by atoms with Gasteiger partial charge in [-0.15, -0.1) is 0 Å². The van der Waals surface area contributed by atoms with Crippen molar-refractivity contribution in [1.29, 1.82) is 0 Å². The molecule has 29 heavy (non-hydrogen) atoms. The molecule has 0 bridgehead atoms. The summed E-state index contributed by atoms with van der Waals surface area (Å²) in [5.41, 5.74) is 3.08. The molecule has 3 amide bonds. The fourth-order valence-electron chi connectivity index (χ4n) is 4.43. The monoisotopic (exact) mass is 411 g/mol. The Morgan fingerprint density at radius 1 is 1.10 bits per heavy atom. The van der Waals surface area contributed by atoms with Gasteiger partial charge in [-0.1, -0.05) is 41.4 Å². The molecule has 0 atom stereocenters. The number of urea groups is 1. The summed E-state index contributed by atoms with van der Waals surface area (Å²) in [7, 11) is 0. The van der Waals surface area contributed by atoms with E-state index in [1.54, 1.807) is 0 Å². The molecule has 2 aromatic carbocycles. The van der Waals surface area contributed by atoms with E-state index in [0.29, 0.717) is 11.6 Å². The number of carbonyl (C=O) groups is 2. The van der Waals surface area contributed by atoms with Gasteiger partial charge in [0.25, 0.3) is 5.91 Å². The average Bonchev–Trinajstić information content (AvgIpc) is 3.13. The van der Waals surface area contributed by atoms with Crippen LogP contribution in [0.25, 0.3) is 0 Å². The third-order valence-corrected chi connectivity index (χ3v) is 6.34. The van der Waals surface area contributed by atoms with E-state index in [0.717, 1.165) is 49.0 Å². The van der Waals surface area contributed by atoms with Crippen molar-refractivity contribution < 1.29 is 9.59 Å². The Hall–Kier alpha value is -2.53. The van der Waals surface area contributed by atoms with Crippen molar-refractivity contribution in [3.63, 3.8) is 0 Å². The van der Waals surface area contributed by atoms with Crippen LogP contribution in [-0.2, 0) is 6.54 Å². The molecule has 2 fully saturated rings. The van der Waals surface area contributed by atoms with Gasteiger partial charge in [0.05, 0.1) is 0 Å². The minimum atomic E-state index is -0.148. The first-order chi connectivity index (χ1) is 13.9. The van der Waals surface area contributed by atoms with Crippen molar-refractivity contribution in [1.82, 2.24) is 15.5 Å². The Morgan fingerprint density at radius 3 is 2.48 bits per heavy atom. The fourth-order valence-corrected chi connectivity index (χ4v) is 4.56. The number of benzene rings is 2. The third kappa shape index (κ3) is 4.56. The van der Waals surface area contributed by atoms with Crippen LogP contribution >= 0.6 is 11.6 Å². The quantitative estimate of drug-likeness (QED) is 0.794. The molecule has 1 spiro atoms. The zero-order valence-electron chi connectivity index (χ0n) is 16.6. The second-order valence-corrected chi connectivity index (χ2v) is 8.84. The number of nitrogens with one attached hydrogen (secondary N) is 2. The maximum absolute atomic E-state index is 12.7. The van der Waals surface area contributed by atoms with E-state index in [-0.39, 0.29) is 23.4 Å². The summed E-state index contributed by atoms with van der Waals surface area (Å²) < 4.78 is 0. The van der Waals surface area contributed by atoms with Gasteiger partial charge in [-0.05, 0) is 61.4 Å². The predicted molar refractivity (Wildman–Crippen MR) is 114 cm³/mol. The van der Waals surface area contributed by atoms with Crippen LogP contribution in [0.2, 0.25) is 5.02 Å². The number of carbonyl (C=O) groups excluding carboxylic acids is 2. The number of amides is 3. The summed E-state index contributed by atoms with van der Waals surface area (Å²) in [6.45, 7) is 4.07. The van der Waals surface area contributed by atoms with Crippen LogP contribution in [0.4, 0.5) is 4.79 Å². The first-order valence-corrected chi connectivity index (χ1v) is 10.5. The van der Waals surface area contributed by atoms with Gasteiger partial charge < -0.3 is 15.5 Å². The molecule has 2 aromatic rings. The summed E-state index contributed by atoms with van der Waals surface area (Å²) in [5, 5.41) is 6.63. The van der Waals surface area contributed by atoms with Crippen LogP contribution in [-0.4, -0.2) is 36.0 Å². The van der Waals surface area contributed by atoms with E-state index in [4.69, 9.17) is 11.6 Å². The normalized spacial score (nSPS) is 23.0. The Labute approximate surface area is 176 Å². The Morgan fingerprint density at radius 2 is 1.79 bits per heavy atom. The molecular formula is C23H26ClN3O2. The molecule has 0 radical (unpaired) electrons. The second-order valence-electron chi connectivity index (χ2n) is 8.40. The lowest BCUT2D eigenvalue weighted by Gasteiger charge is -2.45. The number of rotatable bonds is 4. The number of hydrogen-bond donors (Lipinski definition) is 2. The number of hydrogen-bond acceptors (Lipinski definition) is 2. The second kappa shape index (κ2) is 8.07. The van der Waals surface area contributed by atoms with Crippen LogP contribution in [0.5, 0.6) is 0 Å². The molecule has 0 aromatic heterocycles. The van der Waals surface area contributed by atoms with Crippen molar-refractivity contribution in [2.75, 3.05) is 13.1 Å². The maximum atomic E-state index is 12.7.